The topological polar surface area (TPSA) is 53.6 Å². The number of carbonyl (C=O) groups is 1. The molecular weight excluding hydrogens is 338 g/mol. The van der Waals surface area contributed by atoms with Gasteiger partial charge in [-0.2, -0.15) is 0 Å². The van der Waals surface area contributed by atoms with Gasteiger partial charge in [-0.3, -0.25) is 4.90 Å². The highest BCUT2D eigenvalue weighted by Gasteiger charge is 2.42. The van der Waals surface area contributed by atoms with Gasteiger partial charge in [-0.15, -0.1) is 0 Å². The van der Waals surface area contributed by atoms with Gasteiger partial charge in [-0.1, -0.05) is 19.3 Å². The average Bonchev–Trinajstić information content (AvgIpc) is 3.17. The molecule has 5 nitrogen and oxygen atoms in total. The third-order valence-corrected chi connectivity index (χ3v) is 6.54. The molecule has 0 radical (unpaired) electrons. The van der Waals surface area contributed by atoms with E-state index in [2.05, 4.69) is 15.5 Å². The molecule has 4 rings (SSSR count). The summed E-state index contributed by atoms with van der Waals surface area (Å²) < 4.78 is 5.45. The monoisotopic (exact) mass is 371 g/mol. The molecule has 2 atom stereocenters. The van der Waals surface area contributed by atoms with Crippen LogP contribution in [0.15, 0.2) is 24.3 Å². The van der Waals surface area contributed by atoms with Crippen molar-refractivity contribution < 1.29 is 9.53 Å². The van der Waals surface area contributed by atoms with E-state index in [1.807, 2.05) is 31.2 Å². The molecule has 2 heterocycles. The van der Waals surface area contributed by atoms with Crippen LogP contribution in [0, 0.1) is 0 Å². The van der Waals surface area contributed by atoms with Crippen LogP contribution < -0.4 is 15.4 Å². The van der Waals surface area contributed by atoms with E-state index < -0.39 is 0 Å². The van der Waals surface area contributed by atoms with Crippen molar-refractivity contribution in [3.05, 3.63) is 24.3 Å². The molecule has 0 spiro atoms. The summed E-state index contributed by atoms with van der Waals surface area (Å²) in [5.74, 6) is 0.829. The molecule has 3 fully saturated rings. The fourth-order valence-electron chi connectivity index (χ4n) is 5.49. The van der Waals surface area contributed by atoms with E-state index in [1.165, 1.54) is 44.9 Å². The van der Waals surface area contributed by atoms with E-state index in [9.17, 15) is 4.79 Å². The van der Waals surface area contributed by atoms with Crippen LogP contribution >= 0.6 is 0 Å². The Bertz CT molecular complexity index is 613. The Hall–Kier alpha value is -1.75. The standard InChI is InChI=1S/C22H33N3O2/c1-2-27-21-12-10-16(11-13-21)23-22(26)24-17-14-19-8-5-9-20(15-17)25(19)18-6-3-4-7-18/h10-13,17-20H,2-9,14-15H2,1H3,(H2,23,24,26). The van der Waals surface area contributed by atoms with Gasteiger partial charge in [0.1, 0.15) is 5.75 Å². The number of rotatable bonds is 5. The van der Waals surface area contributed by atoms with Crippen molar-refractivity contribution >= 4 is 11.7 Å². The first-order valence-electron chi connectivity index (χ1n) is 10.8. The maximum absolute atomic E-state index is 12.5. The van der Waals surface area contributed by atoms with Crippen molar-refractivity contribution in [2.75, 3.05) is 11.9 Å². The minimum absolute atomic E-state index is 0.0865. The summed E-state index contributed by atoms with van der Waals surface area (Å²) >= 11 is 0. The molecule has 0 aromatic heterocycles. The second kappa shape index (κ2) is 8.51. The number of hydrogen-bond acceptors (Lipinski definition) is 3. The predicted octanol–water partition coefficient (Wildman–Crippen LogP) is 4.53. The van der Waals surface area contributed by atoms with Gasteiger partial charge in [0.2, 0.25) is 0 Å². The predicted molar refractivity (Wildman–Crippen MR) is 108 cm³/mol. The minimum Gasteiger partial charge on any atom is -0.494 e. The summed E-state index contributed by atoms with van der Waals surface area (Å²) in [5, 5.41) is 6.21. The van der Waals surface area contributed by atoms with E-state index in [4.69, 9.17) is 4.74 Å². The summed E-state index contributed by atoms with van der Waals surface area (Å²) in [6.07, 6.45) is 11.7. The van der Waals surface area contributed by atoms with Crippen LogP contribution in [-0.2, 0) is 0 Å². The van der Waals surface area contributed by atoms with Gasteiger partial charge >= 0.3 is 6.03 Å². The zero-order valence-electron chi connectivity index (χ0n) is 16.5. The SMILES string of the molecule is CCOc1ccc(NC(=O)NC2CC3CCCC(C2)N3C2CCCC2)cc1. The number of ether oxygens (including phenoxy) is 1. The number of nitrogens with zero attached hydrogens (tertiary/aromatic N) is 1. The first-order valence-corrected chi connectivity index (χ1v) is 10.8. The molecule has 1 aliphatic carbocycles. The zero-order chi connectivity index (χ0) is 18.6. The summed E-state index contributed by atoms with van der Waals surface area (Å²) in [7, 11) is 0. The third kappa shape index (κ3) is 4.40. The second-order valence-electron chi connectivity index (χ2n) is 8.35. The van der Waals surface area contributed by atoms with Crippen molar-refractivity contribution in [3.63, 3.8) is 0 Å². The van der Waals surface area contributed by atoms with Crippen molar-refractivity contribution in [2.45, 2.75) is 88.9 Å². The summed E-state index contributed by atoms with van der Waals surface area (Å²) in [6, 6.07) is 9.90. The normalized spacial score (nSPS) is 28.7. The average molecular weight is 372 g/mol. The number of carbonyl (C=O) groups excluding carboxylic acids is 1. The van der Waals surface area contributed by atoms with E-state index in [0.29, 0.717) is 24.7 Å². The summed E-state index contributed by atoms with van der Waals surface area (Å²) in [6.45, 7) is 2.61. The summed E-state index contributed by atoms with van der Waals surface area (Å²) in [4.78, 5) is 15.3. The van der Waals surface area contributed by atoms with Crippen LogP contribution in [0.4, 0.5) is 10.5 Å². The van der Waals surface area contributed by atoms with E-state index in [1.54, 1.807) is 0 Å². The van der Waals surface area contributed by atoms with E-state index >= 15 is 0 Å². The first-order chi connectivity index (χ1) is 13.2. The maximum Gasteiger partial charge on any atom is 0.319 e. The molecule has 5 heteroatoms. The van der Waals surface area contributed by atoms with E-state index in [0.717, 1.165) is 30.3 Å². The van der Waals surface area contributed by atoms with Crippen molar-refractivity contribution in [2.24, 2.45) is 0 Å². The second-order valence-corrected chi connectivity index (χ2v) is 8.35. The maximum atomic E-state index is 12.5. The molecular formula is C22H33N3O2. The fraction of sp³-hybridized carbons (Fsp3) is 0.682. The van der Waals surface area contributed by atoms with Crippen LogP contribution in [-0.4, -0.2) is 41.7 Å². The third-order valence-electron chi connectivity index (χ3n) is 6.54. The highest BCUT2D eigenvalue weighted by atomic mass is 16.5. The molecule has 1 aromatic rings. The molecule has 1 aromatic carbocycles. The Morgan fingerprint density at radius 1 is 1.00 bits per heavy atom. The molecule has 3 aliphatic rings. The van der Waals surface area contributed by atoms with Crippen LogP contribution in [0.5, 0.6) is 5.75 Å². The quantitative estimate of drug-likeness (QED) is 0.799. The lowest BCUT2D eigenvalue weighted by Crippen LogP contribution is -2.59. The van der Waals surface area contributed by atoms with Crippen molar-refractivity contribution in [3.8, 4) is 5.75 Å². The molecule has 2 saturated heterocycles. The Labute approximate surface area is 162 Å². The lowest BCUT2D eigenvalue weighted by Gasteiger charge is -2.51. The number of piperidine rings is 2. The van der Waals surface area contributed by atoms with E-state index in [-0.39, 0.29) is 6.03 Å². The number of urea groups is 1. The number of amides is 2. The molecule has 2 bridgehead atoms. The molecule has 2 aliphatic heterocycles. The van der Waals surface area contributed by atoms with Gasteiger partial charge in [0.15, 0.2) is 0 Å². The first kappa shape index (κ1) is 18.6. The molecule has 27 heavy (non-hydrogen) atoms. The highest BCUT2D eigenvalue weighted by Crippen LogP contribution is 2.39. The Kier molecular flexibility index (Phi) is 5.86. The van der Waals surface area contributed by atoms with Gasteiger partial charge in [0.25, 0.3) is 0 Å². The number of hydrogen-bond donors (Lipinski definition) is 2. The smallest absolute Gasteiger partial charge is 0.319 e. The van der Waals surface area contributed by atoms with Crippen LogP contribution in [0.25, 0.3) is 0 Å². The van der Waals surface area contributed by atoms with Crippen molar-refractivity contribution in [1.82, 2.24) is 10.2 Å². The van der Waals surface area contributed by atoms with Gasteiger partial charge in [-0.05, 0) is 69.7 Å². The lowest BCUT2D eigenvalue weighted by molar-refractivity contribution is -0.00680. The highest BCUT2D eigenvalue weighted by molar-refractivity contribution is 5.89. The van der Waals surface area contributed by atoms with Crippen LogP contribution in [0.3, 0.4) is 0 Å². The molecule has 2 amide bonds. The minimum atomic E-state index is -0.0865. The Morgan fingerprint density at radius 3 is 2.26 bits per heavy atom. The van der Waals surface area contributed by atoms with Crippen molar-refractivity contribution in [1.29, 1.82) is 0 Å². The Morgan fingerprint density at radius 2 is 1.63 bits per heavy atom. The molecule has 2 unspecified atom stereocenters. The van der Waals surface area contributed by atoms with Gasteiger partial charge in [-0.25, -0.2) is 4.79 Å². The van der Waals surface area contributed by atoms with Gasteiger partial charge < -0.3 is 15.4 Å². The molecule has 2 N–H and O–H groups in total. The zero-order valence-corrected chi connectivity index (χ0v) is 16.5. The molecule has 1 saturated carbocycles. The van der Waals surface area contributed by atoms with Gasteiger partial charge in [0.05, 0.1) is 6.61 Å². The number of anilines is 1. The largest absolute Gasteiger partial charge is 0.494 e. The van der Waals surface area contributed by atoms with Crippen LogP contribution in [0.1, 0.15) is 64.7 Å². The van der Waals surface area contributed by atoms with Gasteiger partial charge in [0, 0.05) is 29.9 Å². The fourth-order valence-corrected chi connectivity index (χ4v) is 5.49. The lowest BCUT2D eigenvalue weighted by atomic mass is 9.80. The number of nitrogens with one attached hydrogen (secondary N) is 2. The number of benzene rings is 1. The van der Waals surface area contributed by atoms with Crippen LogP contribution in [0.2, 0.25) is 0 Å². The molecule has 148 valence electrons. The Balaban J connectivity index is 1.31. The summed E-state index contributed by atoms with van der Waals surface area (Å²) in [5.41, 5.74) is 0.805. The number of fused-ring (bicyclic) bond motifs is 2.